The summed E-state index contributed by atoms with van der Waals surface area (Å²) in [6.07, 6.45) is 1.14. The van der Waals surface area contributed by atoms with E-state index >= 15 is 0 Å². The highest BCUT2D eigenvalue weighted by molar-refractivity contribution is 7.98. The molecular weight excluding hydrogens is 270 g/mol. The van der Waals surface area contributed by atoms with Crippen molar-refractivity contribution < 1.29 is 0 Å². The van der Waals surface area contributed by atoms with Gasteiger partial charge in [-0.3, -0.25) is 0 Å². The minimum absolute atomic E-state index is 1.09. The Bertz CT molecular complexity index is 465. The van der Waals surface area contributed by atoms with Crippen molar-refractivity contribution in [3.8, 4) is 0 Å². The molecule has 2 rings (SSSR count). The second-order valence-corrected chi connectivity index (χ2v) is 6.56. The number of hydrogen-bond acceptors (Lipinski definition) is 3. The summed E-state index contributed by atoms with van der Waals surface area (Å²) in [6.45, 7) is 4.34. The van der Waals surface area contributed by atoms with E-state index in [-0.39, 0.29) is 0 Å². The lowest BCUT2D eigenvalue weighted by Gasteiger charge is -2.05. The molecule has 0 spiro atoms. The van der Waals surface area contributed by atoms with Gasteiger partial charge < -0.3 is 5.32 Å². The number of thioether (sulfide) groups is 1. The fourth-order valence-corrected chi connectivity index (χ4v) is 3.48. The minimum atomic E-state index is 1.09. The molecule has 1 aromatic carbocycles. The van der Waals surface area contributed by atoms with Gasteiger partial charge in [-0.1, -0.05) is 29.8 Å². The Labute approximate surface area is 124 Å². The molecular formula is C16H21NS2. The van der Waals surface area contributed by atoms with Crippen LogP contribution in [-0.2, 0) is 12.2 Å². The zero-order valence-electron chi connectivity index (χ0n) is 11.4. The summed E-state index contributed by atoms with van der Waals surface area (Å²) in [5.41, 5.74) is 4.24. The Morgan fingerprint density at radius 3 is 2.89 bits per heavy atom. The molecule has 102 valence electrons. The van der Waals surface area contributed by atoms with Crippen molar-refractivity contribution in [1.29, 1.82) is 0 Å². The van der Waals surface area contributed by atoms with Gasteiger partial charge in [0, 0.05) is 18.1 Å². The lowest BCUT2D eigenvalue weighted by molar-refractivity contribution is 0.722. The Morgan fingerprint density at radius 2 is 2.11 bits per heavy atom. The van der Waals surface area contributed by atoms with Gasteiger partial charge in [-0.15, -0.1) is 0 Å². The van der Waals surface area contributed by atoms with E-state index in [4.69, 9.17) is 0 Å². The number of hydrogen-bond donors (Lipinski definition) is 1. The van der Waals surface area contributed by atoms with E-state index < -0.39 is 0 Å². The Kier molecular flexibility index (Phi) is 6.48. The van der Waals surface area contributed by atoms with Gasteiger partial charge in [0.25, 0.3) is 0 Å². The highest BCUT2D eigenvalue weighted by Crippen LogP contribution is 2.12. The first kappa shape index (κ1) is 14.6. The van der Waals surface area contributed by atoms with Gasteiger partial charge in [0.2, 0.25) is 0 Å². The molecule has 2 aromatic rings. The Balaban J connectivity index is 1.50. The molecule has 1 nitrogen and oxygen atoms in total. The van der Waals surface area contributed by atoms with E-state index in [1.54, 1.807) is 11.3 Å². The van der Waals surface area contributed by atoms with Crippen molar-refractivity contribution in [2.75, 3.05) is 18.8 Å². The molecule has 0 aliphatic rings. The molecule has 0 saturated carbocycles. The van der Waals surface area contributed by atoms with Crippen LogP contribution < -0.4 is 5.32 Å². The van der Waals surface area contributed by atoms with Crippen LogP contribution in [0.15, 0.2) is 41.1 Å². The molecule has 0 aliphatic heterocycles. The van der Waals surface area contributed by atoms with Gasteiger partial charge >= 0.3 is 0 Å². The lowest BCUT2D eigenvalue weighted by Crippen LogP contribution is -2.19. The molecule has 1 aromatic heterocycles. The third-order valence-corrected chi connectivity index (χ3v) is 4.71. The molecule has 1 heterocycles. The molecule has 19 heavy (non-hydrogen) atoms. The van der Waals surface area contributed by atoms with Gasteiger partial charge in [-0.05, 0) is 47.8 Å². The second-order valence-electron chi connectivity index (χ2n) is 4.67. The van der Waals surface area contributed by atoms with Crippen LogP contribution in [0.25, 0.3) is 0 Å². The largest absolute Gasteiger partial charge is 0.316 e. The smallest absolute Gasteiger partial charge is 0.0185 e. The number of aryl methyl sites for hydroxylation is 1. The topological polar surface area (TPSA) is 12.0 Å². The maximum Gasteiger partial charge on any atom is 0.0185 e. The Hall–Kier alpha value is -0.770. The van der Waals surface area contributed by atoms with E-state index in [0.717, 1.165) is 25.3 Å². The van der Waals surface area contributed by atoms with Gasteiger partial charge in [-0.2, -0.15) is 23.1 Å². The third-order valence-electron chi connectivity index (χ3n) is 2.94. The average Bonchev–Trinajstić information content (AvgIpc) is 2.91. The maximum atomic E-state index is 3.51. The van der Waals surface area contributed by atoms with Crippen molar-refractivity contribution >= 4 is 23.1 Å². The number of nitrogens with one attached hydrogen (secondary N) is 1. The van der Waals surface area contributed by atoms with Crippen LogP contribution in [0.1, 0.15) is 16.7 Å². The van der Waals surface area contributed by atoms with Gasteiger partial charge in [-0.25, -0.2) is 0 Å². The van der Waals surface area contributed by atoms with E-state index in [1.165, 1.54) is 22.4 Å². The van der Waals surface area contributed by atoms with E-state index in [2.05, 4.69) is 53.3 Å². The van der Waals surface area contributed by atoms with Gasteiger partial charge in [0.05, 0.1) is 0 Å². The Morgan fingerprint density at radius 1 is 1.16 bits per heavy atom. The first-order chi connectivity index (χ1) is 9.34. The molecule has 1 N–H and O–H groups in total. The molecule has 0 fully saturated rings. The first-order valence-corrected chi connectivity index (χ1v) is 8.79. The fourth-order valence-electron chi connectivity index (χ4n) is 1.93. The van der Waals surface area contributed by atoms with Crippen molar-refractivity contribution in [2.45, 2.75) is 19.1 Å². The minimum Gasteiger partial charge on any atom is -0.316 e. The van der Waals surface area contributed by atoms with Crippen molar-refractivity contribution in [3.63, 3.8) is 0 Å². The molecule has 0 amide bonds. The van der Waals surface area contributed by atoms with Crippen LogP contribution in [0, 0.1) is 6.92 Å². The zero-order valence-corrected chi connectivity index (χ0v) is 13.0. The lowest BCUT2D eigenvalue weighted by atomic mass is 10.2. The summed E-state index contributed by atoms with van der Waals surface area (Å²) < 4.78 is 0. The van der Waals surface area contributed by atoms with Crippen molar-refractivity contribution in [3.05, 3.63) is 57.8 Å². The number of thiophene rings is 1. The second kappa shape index (κ2) is 8.41. The van der Waals surface area contributed by atoms with Crippen LogP contribution in [0.2, 0.25) is 0 Å². The number of rotatable bonds is 8. The average molecular weight is 291 g/mol. The summed E-state index contributed by atoms with van der Waals surface area (Å²) >= 11 is 3.78. The van der Waals surface area contributed by atoms with Gasteiger partial charge in [0.15, 0.2) is 0 Å². The summed E-state index contributed by atoms with van der Waals surface area (Å²) in [7, 11) is 0. The molecule has 0 radical (unpaired) electrons. The summed E-state index contributed by atoms with van der Waals surface area (Å²) in [6, 6.07) is 11.0. The van der Waals surface area contributed by atoms with Gasteiger partial charge in [0.1, 0.15) is 0 Å². The predicted molar refractivity (Wildman–Crippen MR) is 88.2 cm³/mol. The summed E-state index contributed by atoms with van der Waals surface area (Å²) in [5, 5.41) is 7.88. The summed E-state index contributed by atoms with van der Waals surface area (Å²) in [5.74, 6) is 2.30. The van der Waals surface area contributed by atoms with Crippen LogP contribution in [-0.4, -0.2) is 18.8 Å². The molecule has 3 heteroatoms. The summed E-state index contributed by atoms with van der Waals surface area (Å²) in [4.78, 5) is 0. The molecule has 0 bridgehead atoms. The zero-order chi connectivity index (χ0) is 13.3. The highest BCUT2D eigenvalue weighted by atomic mass is 32.2. The van der Waals surface area contributed by atoms with E-state index in [1.807, 2.05) is 11.8 Å². The molecule has 0 aliphatic carbocycles. The SMILES string of the molecule is Cc1cccc(CSCCNCCc2ccsc2)c1. The van der Waals surface area contributed by atoms with Crippen LogP contribution >= 0.6 is 23.1 Å². The normalized spacial score (nSPS) is 10.8. The standard InChI is InChI=1S/C16H21NS2/c1-14-3-2-4-16(11-14)13-19-10-8-17-7-5-15-6-9-18-12-15/h2-4,6,9,11-12,17H,5,7-8,10,13H2,1H3. The van der Waals surface area contributed by atoms with Crippen molar-refractivity contribution in [2.24, 2.45) is 0 Å². The molecule has 0 saturated heterocycles. The maximum absolute atomic E-state index is 3.51. The predicted octanol–water partition coefficient (Wildman–Crippen LogP) is 4.12. The van der Waals surface area contributed by atoms with Crippen LogP contribution in [0.4, 0.5) is 0 Å². The number of benzene rings is 1. The van der Waals surface area contributed by atoms with E-state index in [0.29, 0.717) is 0 Å². The fraction of sp³-hybridized carbons (Fsp3) is 0.375. The van der Waals surface area contributed by atoms with Crippen molar-refractivity contribution in [1.82, 2.24) is 5.32 Å². The van der Waals surface area contributed by atoms with Crippen LogP contribution in [0.3, 0.4) is 0 Å². The highest BCUT2D eigenvalue weighted by Gasteiger charge is 1.95. The first-order valence-electron chi connectivity index (χ1n) is 6.70. The monoisotopic (exact) mass is 291 g/mol. The van der Waals surface area contributed by atoms with Crippen LogP contribution in [0.5, 0.6) is 0 Å². The third kappa shape index (κ3) is 5.81. The van der Waals surface area contributed by atoms with E-state index in [9.17, 15) is 0 Å². The molecule has 0 atom stereocenters. The quantitative estimate of drug-likeness (QED) is 0.734. The molecule has 0 unspecified atom stereocenters.